The first-order valence-electron chi connectivity index (χ1n) is 6.47. The van der Waals surface area contributed by atoms with Crippen LogP contribution in [0, 0.1) is 5.82 Å². The zero-order valence-electron chi connectivity index (χ0n) is 11.3. The average Bonchev–Trinajstić information content (AvgIpc) is 2.97. The Bertz CT molecular complexity index is 837. The molecule has 2 aromatic carbocycles. The second kappa shape index (κ2) is 5.61. The summed E-state index contributed by atoms with van der Waals surface area (Å²) >= 11 is 1.40. The second-order valence-electron chi connectivity index (χ2n) is 4.71. The summed E-state index contributed by atoms with van der Waals surface area (Å²) in [4.78, 5) is 12.5. The normalized spacial score (nSPS) is 10.6. The molecule has 1 heterocycles. The number of aromatic carboxylic acids is 1. The van der Waals surface area contributed by atoms with Gasteiger partial charge in [0.15, 0.2) is 0 Å². The topological polar surface area (TPSA) is 57.5 Å². The highest BCUT2D eigenvalue weighted by atomic mass is 32.1. The number of aromatic hydroxyl groups is 1. The number of hydrogen-bond donors (Lipinski definition) is 2. The van der Waals surface area contributed by atoms with E-state index in [0.717, 1.165) is 21.4 Å². The molecule has 0 fully saturated rings. The van der Waals surface area contributed by atoms with Crippen LogP contribution in [0.5, 0.6) is 5.75 Å². The summed E-state index contributed by atoms with van der Waals surface area (Å²) in [6, 6.07) is 14.3. The van der Waals surface area contributed by atoms with Crippen LogP contribution in [0.25, 0.3) is 20.9 Å². The van der Waals surface area contributed by atoms with Crippen molar-refractivity contribution < 1.29 is 19.4 Å². The standard InChI is InChI=1S/C17H11FO3S/c18-14-9-12(19)5-6-13(14)16-8-7-15(22-16)10-1-3-11(4-2-10)17(20)21/h1-9,19H,(H,20,21). The molecular formula is C17H11FO3S. The lowest BCUT2D eigenvalue weighted by atomic mass is 10.1. The number of carbonyl (C=O) groups is 1. The Labute approximate surface area is 129 Å². The van der Waals surface area contributed by atoms with Gasteiger partial charge in [-0.2, -0.15) is 0 Å². The highest BCUT2D eigenvalue weighted by Gasteiger charge is 2.10. The fourth-order valence-electron chi connectivity index (χ4n) is 2.12. The summed E-state index contributed by atoms with van der Waals surface area (Å²) in [5, 5.41) is 18.1. The fourth-order valence-corrected chi connectivity index (χ4v) is 3.16. The molecule has 0 bridgehead atoms. The van der Waals surface area contributed by atoms with Gasteiger partial charge in [-0.15, -0.1) is 11.3 Å². The van der Waals surface area contributed by atoms with Gasteiger partial charge in [-0.05, 0) is 42.0 Å². The van der Waals surface area contributed by atoms with Crippen LogP contribution in [0.3, 0.4) is 0 Å². The first kappa shape index (κ1) is 14.3. The van der Waals surface area contributed by atoms with Gasteiger partial charge in [0.05, 0.1) is 5.56 Å². The monoisotopic (exact) mass is 314 g/mol. The second-order valence-corrected chi connectivity index (χ2v) is 5.79. The molecule has 3 rings (SSSR count). The number of hydrogen-bond acceptors (Lipinski definition) is 3. The summed E-state index contributed by atoms with van der Waals surface area (Å²) in [6.07, 6.45) is 0. The maximum atomic E-state index is 13.9. The van der Waals surface area contributed by atoms with Crippen LogP contribution in [0.4, 0.5) is 4.39 Å². The first-order chi connectivity index (χ1) is 10.5. The minimum atomic E-state index is -0.968. The molecule has 0 saturated heterocycles. The molecule has 5 heteroatoms. The number of thiophene rings is 1. The van der Waals surface area contributed by atoms with Crippen molar-refractivity contribution in [3.05, 3.63) is 66.0 Å². The molecule has 0 radical (unpaired) electrons. The maximum absolute atomic E-state index is 13.9. The van der Waals surface area contributed by atoms with E-state index in [9.17, 15) is 14.3 Å². The minimum Gasteiger partial charge on any atom is -0.508 e. The lowest BCUT2D eigenvalue weighted by Crippen LogP contribution is -1.94. The van der Waals surface area contributed by atoms with Crippen molar-refractivity contribution in [2.24, 2.45) is 0 Å². The Morgan fingerprint density at radius 3 is 2.27 bits per heavy atom. The van der Waals surface area contributed by atoms with E-state index in [-0.39, 0.29) is 11.3 Å². The summed E-state index contributed by atoms with van der Waals surface area (Å²) in [5.74, 6) is -1.55. The van der Waals surface area contributed by atoms with Gasteiger partial charge in [0.2, 0.25) is 0 Å². The SMILES string of the molecule is O=C(O)c1ccc(-c2ccc(-c3ccc(O)cc3F)s2)cc1. The molecule has 0 unspecified atom stereocenters. The van der Waals surface area contributed by atoms with Gasteiger partial charge < -0.3 is 10.2 Å². The Morgan fingerprint density at radius 1 is 0.955 bits per heavy atom. The molecule has 22 heavy (non-hydrogen) atoms. The van der Waals surface area contributed by atoms with Crippen molar-refractivity contribution in [2.75, 3.05) is 0 Å². The van der Waals surface area contributed by atoms with Gasteiger partial charge >= 0.3 is 5.97 Å². The van der Waals surface area contributed by atoms with Gasteiger partial charge in [-0.25, -0.2) is 9.18 Å². The van der Waals surface area contributed by atoms with Gasteiger partial charge in [0.1, 0.15) is 11.6 Å². The summed E-state index contributed by atoms with van der Waals surface area (Å²) in [7, 11) is 0. The molecule has 1 aromatic heterocycles. The number of rotatable bonds is 3. The molecule has 0 aliphatic carbocycles. The zero-order chi connectivity index (χ0) is 15.7. The van der Waals surface area contributed by atoms with Crippen LogP contribution in [-0.4, -0.2) is 16.2 Å². The fraction of sp³-hybridized carbons (Fsp3) is 0. The quantitative estimate of drug-likeness (QED) is 0.741. The third-order valence-electron chi connectivity index (χ3n) is 3.24. The number of benzene rings is 2. The van der Waals surface area contributed by atoms with E-state index in [0.29, 0.717) is 5.56 Å². The van der Waals surface area contributed by atoms with Crippen LogP contribution >= 0.6 is 11.3 Å². The van der Waals surface area contributed by atoms with Crippen molar-refractivity contribution in [3.8, 4) is 26.6 Å². The van der Waals surface area contributed by atoms with E-state index in [1.54, 1.807) is 18.2 Å². The largest absolute Gasteiger partial charge is 0.508 e. The molecule has 0 spiro atoms. The van der Waals surface area contributed by atoms with E-state index >= 15 is 0 Å². The van der Waals surface area contributed by atoms with Crippen molar-refractivity contribution in [3.63, 3.8) is 0 Å². The number of phenols is 1. The molecular weight excluding hydrogens is 303 g/mol. The van der Waals surface area contributed by atoms with Crippen molar-refractivity contribution in [2.45, 2.75) is 0 Å². The number of carboxylic acids is 1. The van der Waals surface area contributed by atoms with Crippen LogP contribution in [-0.2, 0) is 0 Å². The maximum Gasteiger partial charge on any atom is 0.335 e. The summed E-state index contributed by atoms with van der Waals surface area (Å²) in [5.41, 5.74) is 1.53. The third kappa shape index (κ3) is 2.71. The molecule has 2 N–H and O–H groups in total. The van der Waals surface area contributed by atoms with E-state index < -0.39 is 11.8 Å². The Kier molecular flexibility index (Phi) is 3.65. The molecule has 3 nitrogen and oxygen atoms in total. The molecule has 110 valence electrons. The number of carboxylic acid groups (broad SMARTS) is 1. The first-order valence-corrected chi connectivity index (χ1v) is 7.29. The highest BCUT2D eigenvalue weighted by molar-refractivity contribution is 7.18. The van der Waals surface area contributed by atoms with E-state index in [2.05, 4.69) is 0 Å². The van der Waals surface area contributed by atoms with E-state index in [4.69, 9.17) is 5.11 Å². The van der Waals surface area contributed by atoms with Gasteiger partial charge in [-0.1, -0.05) is 12.1 Å². The minimum absolute atomic E-state index is 0.109. The van der Waals surface area contributed by atoms with Crippen LogP contribution < -0.4 is 0 Å². The third-order valence-corrected chi connectivity index (χ3v) is 4.41. The average molecular weight is 314 g/mol. The lowest BCUT2D eigenvalue weighted by molar-refractivity contribution is 0.0697. The van der Waals surface area contributed by atoms with Crippen LogP contribution in [0.2, 0.25) is 0 Å². The molecule has 0 amide bonds. The molecule has 0 atom stereocenters. The van der Waals surface area contributed by atoms with Crippen molar-refractivity contribution in [1.82, 2.24) is 0 Å². The van der Waals surface area contributed by atoms with Gasteiger partial charge in [-0.3, -0.25) is 0 Å². The Balaban J connectivity index is 1.95. The smallest absolute Gasteiger partial charge is 0.335 e. The zero-order valence-corrected chi connectivity index (χ0v) is 12.1. The molecule has 0 aliphatic heterocycles. The predicted octanol–water partition coefficient (Wildman–Crippen LogP) is 4.63. The molecule has 0 aliphatic rings. The summed E-state index contributed by atoms with van der Waals surface area (Å²) < 4.78 is 13.9. The van der Waals surface area contributed by atoms with Crippen molar-refractivity contribution in [1.29, 1.82) is 0 Å². The lowest BCUT2D eigenvalue weighted by Gasteiger charge is -2.01. The van der Waals surface area contributed by atoms with Crippen LogP contribution in [0.1, 0.15) is 10.4 Å². The van der Waals surface area contributed by atoms with E-state index in [1.165, 1.54) is 35.6 Å². The molecule has 3 aromatic rings. The van der Waals surface area contributed by atoms with Crippen molar-refractivity contribution >= 4 is 17.3 Å². The Hall–Kier alpha value is -2.66. The number of phenolic OH excluding ortho intramolecular Hbond substituents is 1. The highest BCUT2D eigenvalue weighted by Crippen LogP contribution is 2.36. The predicted molar refractivity (Wildman–Crippen MR) is 83.8 cm³/mol. The summed E-state index contributed by atoms with van der Waals surface area (Å²) in [6.45, 7) is 0. The molecule has 0 saturated carbocycles. The number of halogens is 1. The Morgan fingerprint density at radius 2 is 1.64 bits per heavy atom. The van der Waals surface area contributed by atoms with Crippen LogP contribution in [0.15, 0.2) is 54.6 Å². The van der Waals surface area contributed by atoms with Gasteiger partial charge in [0, 0.05) is 21.4 Å². The van der Waals surface area contributed by atoms with E-state index in [1.807, 2.05) is 6.07 Å². The van der Waals surface area contributed by atoms with Gasteiger partial charge in [0.25, 0.3) is 0 Å².